The maximum absolute atomic E-state index is 12.0. The first-order valence-electron chi connectivity index (χ1n) is 8.04. The maximum atomic E-state index is 12.0. The van der Waals surface area contributed by atoms with Crippen LogP contribution in [0.5, 0.6) is 0 Å². The Morgan fingerprint density at radius 2 is 1.85 bits per heavy atom. The van der Waals surface area contributed by atoms with Crippen LogP contribution >= 0.6 is 11.6 Å². The van der Waals surface area contributed by atoms with Crippen LogP contribution in [-0.4, -0.2) is 25.7 Å². The minimum absolute atomic E-state index is 0.289. The number of carbonyl (C=O) groups is 1. The Morgan fingerprint density at radius 3 is 2.46 bits per heavy atom. The van der Waals surface area contributed by atoms with Crippen LogP contribution < -0.4 is 5.32 Å². The first-order valence-corrected chi connectivity index (χ1v) is 8.42. The van der Waals surface area contributed by atoms with Gasteiger partial charge in [-0.15, -0.1) is 0 Å². The first-order chi connectivity index (χ1) is 12.5. The lowest BCUT2D eigenvalue weighted by molar-refractivity contribution is -0.111. The molecule has 0 unspecified atom stereocenters. The highest BCUT2D eigenvalue weighted by molar-refractivity contribution is 6.32. The van der Waals surface area contributed by atoms with Gasteiger partial charge in [0.05, 0.1) is 23.8 Å². The van der Waals surface area contributed by atoms with Gasteiger partial charge in [-0.25, -0.2) is 14.6 Å². The summed E-state index contributed by atoms with van der Waals surface area (Å²) in [6.07, 6.45) is 6.18. The van der Waals surface area contributed by atoms with Crippen molar-refractivity contribution in [3.8, 4) is 5.95 Å². The van der Waals surface area contributed by atoms with E-state index in [1.807, 2.05) is 39.0 Å². The molecule has 132 valence electrons. The number of amides is 1. The number of carbonyl (C=O) groups excluding carboxylic acids is 1. The number of nitrogens with one attached hydrogen (secondary N) is 1. The molecule has 2 heterocycles. The highest BCUT2D eigenvalue weighted by Crippen LogP contribution is 2.17. The second-order valence-corrected chi connectivity index (χ2v) is 6.23. The van der Waals surface area contributed by atoms with Crippen molar-refractivity contribution in [2.45, 2.75) is 20.8 Å². The van der Waals surface area contributed by atoms with E-state index >= 15 is 0 Å². The Hall–Kier alpha value is -2.99. The molecule has 0 aliphatic rings. The third-order valence-electron chi connectivity index (χ3n) is 4.07. The summed E-state index contributed by atoms with van der Waals surface area (Å²) in [5.41, 5.74) is 4.31. The Balaban J connectivity index is 1.70. The Kier molecular flexibility index (Phi) is 5.14. The van der Waals surface area contributed by atoms with Crippen LogP contribution in [0.1, 0.15) is 22.5 Å². The average Bonchev–Trinajstić information content (AvgIpc) is 2.89. The summed E-state index contributed by atoms with van der Waals surface area (Å²) in [7, 11) is 0. The topological polar surface area (TPSA) is 72.7 Å². The number of benzene rings is 1. The molecule has 1 N–H and O–H groups in total. The fourth-order valence-corrected chi connectivity index (χ4v) is 2.57. The number of hydrogen-bond acceptors (Lipinski definition) is 4. The predicted octanol–water partition coefficient (Wildman–Crippen LogP) is 3.89. The molecule has 0 fully saturated rings. The molecule has 0 aliphatic carbocycles. The SMILES string of the molecule is Cc1nn(-c2ncc(NC(=O)/C=C/c3ccccc3Cl)cn2)c(C)c1C. The largest absolute Gasteiger partial charge is 0.320 e. The van der Waals surface area contributed by atoms with Crippen LogP contribution in [0.15, 0.2) is 42.7 Å². The van der Waals surface area contributed by atoms with Crippen molar-refractivity contribution in [2.24, 2.45) is 0 Å². The normalized spacial score (nSPS) is 11.1. The van der Waals surface area contributed by atoms with Gasteiger partial charge in [-0.05, 0) is 44.0 Å². The van der Waals surface area contributed by atoms with Crippen LogP contribution in [-0.2, 0) is 4.79 Å². The van der Waals surface area contributed by atoms with Gasteiger partial charge in [0.2, 0.25) is 5.91 Å². The van der Waals surface area contributed by atoms with Crippen LogP contribution in [0, 0.1) is 20.8 Å². The zero-order valence-electron chi connectivity index (χ0n) is 14.7. The lowest BCUT2D eigenvalue weighted by atomic mass is 10.2. The molecule has 6 nitrogen and oxygen atoms in total. The number of aromatic nitrogens is 4. The first kappa shape index (κ1) is 17.8. The molecule has 0 bridgehead atoms. The van der Waals surface area contributed by atoms with Crippen LogP contribution in [0.4, 0.5) is 5.69 Å². The fourth-order valence-electron chi connectivity index (χ4n) is 2.37. The van der Waals surface area contributed by atoms with Gasteiger partial charge in [0.1, 0.15) is 0 Å². The number of rotatable bonds is 4. The number of halogens is 1. The van der Waals surface area contributed by atoms with Gasteiger partial charge in [0.25, 0.3) is 5.95 Å². The summed E-state index contributed by atoms with van der Waals surface area (Å²) in [6.45, 7) is 5.92. The molecule has 1 aromatic carbocycles. The van der Waals surface area contributed by atoms with Gasteiger partial charge in [-0.1, -0.05) is 29.8 Å². The van der Waals surface area contributed by atoms with Crippen LogP contribution in [0.25, 0.3) is 12.0 Å². The molecule has 3 aromatic rings. The third kappa shape index (κ3) is 3.81. The van der Waals surface area contributed by atoms with E-state index in [1.54, 1.807) is 29.2 Å². The summed E-state index contributed by atoms with van der Waals surface area (Å²) in [5.74, 6) is 0.173. The second kappa shape index (κ2) is 7.49. The summed E-state index contributed by atoms with van der Waals surface area (Å²) in [6, 6.07) is 7.30. The molecule has 0 radical (unpaired) electrons. The minimum Gasteiger partial charge on any atom is -0.320 e. The molecular formula is C19H18ClN5O. The Labute approximate surface area is 156 Å². The van der Waals surface area contributed by atoms with Gasteiger partial charge in [-0.2, -0.15) is 5.10 Å². The monoisotopic (exact) mass is 367 g/mol. The smallest absolute Gasteiger partial charge is 0.250 e. The van der Waals surface area contributed by atoms with Gasteiger partial charge in [-0.3, -0.25) is 4.79 Å². The molecule has 0 atom stereocenters. The molecule has 3 rings (SSSR count). The lowest BCUT2D eigenvalue weighted by Gasteiger charge is -2.05. The van der Waals surface area contributed by atoms with Gasteiger partial charge in [0.15, 0.2) is 0 Å². The van der Waals surface area contributed by atoms with E-state index in [9.17, 15) is 4.79 Å². The van der Waals surface area contributed by atoms with Crippen molar-refractivity contribution in [3.63, 3.8) is 0 Å². The molecule has 0 spiro atoms. The third-order valence-corrected chi connectivity index (χ3v) is 4.41. The molecule has 0 aliphatic heterocycles. The number of hydrogen-bond donors (Lipinski definition) is 1. The highest BCUT2D eigenvalue weighted by Gasteiger charge is 2.11. The molecule has 0 saturated carbocycles. The van der Waals surface area contributed by atoms with Crippen LogP contribution in [0.2, 0.25) is 5.02 Å². The van der Waals surface area contributed by atoms with Gasteiger partial charge >= 0.3 is 0 Å². The summed E-state index contributed by atoms with van der Waals surface area (Å²) in [4.78, 5) is 20.6. The summed E-state index contributed by atoms with van der Waals surface area (Å²) >= 11 is 6.06. The van der Waals surface area contributed by atoms with Crippen molar-refractivity contribution in [3.05, 3.63) is 70.3 Å². The molecule has 2 aromatic heterocycles. The van der Waals surface area contributed by atoms with E-state index in [0.29, 0.717) is 16.7 Å². The highest BCUT2D eigenvalue weighted by atomic mass is 35.5. The van der Waals surface area contributed by atoms with Crippen molar-refractivity contribution in [1.29, 1.82) is 0 Å². The van der Waals surface area contributed by atoms with E-state index in [1.165, 1.54) is 6.08 Å². The standard InChI is InChI=1S/C19H18ClN5O/c1-12-13(2)24-25(14(12)3)19-21-10-16(11-22-19)23-18(26)9-8-15-6-4-5-7-17(15)20/h4-11H,1-3H3,(H,23,26)/b9-8+. The van der Waals surface area contributed by atoms with E-state index in [0.717, 1.165) is 22.5 Å². The Bertz CT molecular complexity index is 976. The molecule has 7 heteroatoms. The zero-order chi connectivity index (χ0) is 18.7. The Morgan fingerprint density at radius 1 is 1.15 bits per heavy atom. The van der Waals surface area contributed by atoms with Crippen molar-refractivity contribution in [2.75, 3.05) is 5.32 Å². The number of aryl methyl sites for hydroxylation is 1. The van der Waals surface area contributed by atoms with Crippen molar-refractivity contribution >= 4 is 29.3 Å². The summed E-state index contributed by atoms with van der Waals surface area (Å²) < 4.78 is 1.69. The average molecular weight is 368 g/mol. The minimum atomic E-state index is -0.289. The lowest BCUT2D eigenvalue weighted by Crippen LogP contribution is -2.10. The molecule has 1 amide bonds. The van der Waals surface area contributed by atoms with Crippen LogP contribution in [0.3, 0.4) is 0 Å². The van der Waals surface area contributed by atoms with E-state index in [2.05, 4.69) is 20.4 Å². The quantitative estimate of drug-likeness (QED) is 0.710. The second-order valence-electron chi connectivity index (χ2n) is 5.82. The fraction of sp³-hybridized carbons (Fsp3) is 0.158. The maximum Gasteiger partial charge on any atom is 0.250 e. The molecule has 26 heavy (non-hydrogen) atoms. The van der Waals surface area contributed by atoms with Gasteiger partial charge < -0.3 is 5.32 Å². The van der Waals surface area contributed by atoms with Gasteiger partial charge in [0, 0.05) is 16.8 Å². The van der Waals surface area contributed by atoms with Crippen molar-refractivity contribution < 1.29 is 4.79 Å². The van der Waals surface area contributed by atoms with Crippen molar-refractivity contribution in [1.82, 2.24) is 19.7 Å². The predicted molar refractivity (Wildman–Crippen MR) is 102 cm³/mol. The number of nitrogens with zero attached hydrogens (tertiary/aromatic N) is 4. The van der Waals surface area contributed by atoms with E-state index in [-0.39, 0.29) is 5.91 Å². The summed E-state index contributed by atoms with van der Waals surface area (Å²) in [5, 5.41) is 7.73. The molecular weight excluding hydrogens is 350 g/mol. The number of anilines is 1. The van der Waals surface area contributed by atoms with E-state index in [4.69, 9.17) is 11.6 Å². The van der Waals surface area contributed by atoms with E-state index < -0.39 is 0 Å². The molecule has 0 saturated heterocycles. The zero-order valence-corrected chi connectivity index (χ0v) is 15.4.